The molecule has 0 spiro atoms. The Bertz CT molecular complexity index is 328. The maximum atomic E-state index is 10.5. The first kappa shape index (κ1) is 9.73. The Labute approximate surface area is 80.1 Å². The summed E-state index contributed by atoms with van der Waals surface area (Å²) in [5.74, 6) is 0.138. The number of amides is 2. The van der Waals surface area contributed by atoms with Crippen molar-refractivity contribution in [1.82, 2.24) is 0 Å². The number of carbonyl (C=O) groups excluding carboxylic acids is 1. The van der Waals surface area contributed by atoms with Gasteiger partial charge in [-0.25, -0.2) is 4.79 Å². The Morgan fingerprint density at radius 1 is 1.62 bits per heavy atom. The Kier molecular flexibility index (Phi) is 3.02. The molecule has 0 aliphatic rings. The average molecular weight is 198 g/mol. The molecule has 70 valence electrons. The summed E-state index contributed by atoms with van der Waals surface area (Å²) < 4.78 is 0. The van der Waals surface area contributed by atoms with Crippen LogP contribution in [0, 0.1) is 0 Å². The first-order valence-electron chi connectivity index (χ1n) is 3.57. The number of nitrogens with one attached hydrogen (secondary N) is 1. The van der Waals surface area contributed by atoms with Crippen LogP contribution in [0.1, 0.15) is 0 Å². The molecule has 0 radical (unpaired) electrons. The van der Waals surface area contributed by atoms with Gasteiger partial charge in [-0.05, 0) is 18.4 Å². The Morgan fingerprint density at radius 3 is 2.77 bits per heavy atom. The van der Waals surface area contributed by atoms with E-state index >= 15 is 0 Å². The molecule has 0 saturated carbocycles. The fraction of sp³-hybridized carbons (Fsp3) is 0.125. The summed E-state index contributed by atoms with van der Waals surface area (Å²) in [5.41, 5.74) is 5.40. The van der Waals surface area contributed by atoms with Gasteiger partial charge in [0, 0.05) is 16.6 Å². The van der Waals surface area contributed by atoms with Gasteiger partial charge < -0.3 is 16.2 Å². The molecule has 0 aromatic heterocycles. The van der Waals surface area contributed by atoms with E-state index in [0.717, 1.165) is 4.90 Å². The van der Waals surface area contributed by atoms with Crippen molar-refractivity contribution in [3.8, 4) is 5.75 Å². The van der Waals surface area contributed by atoms with Crippen LogP contribution < -0.4 is 11.1 Å². The number of primary amides is 1. The molecule has 0 aliphatic heterocycles. The van der Waals surface area contributed by atoms with Gasteiger partial charge in [-0.3, -0.25) is 0 Å². The van der Waals surface area contributed by atoms with Gasteiger partial charge in [0.15, 0.2) is 0 Å². The molecule has 0 heterocycles. The third-order valence-electron chi connectivity index (χ3n) is 1.45. The molecule has 4 N–H and O–H groups in total. The average Bonchev–Trinajstić information content (AvgIpc) is 2.03. The molecule has 0 unspecified atom stereocenters. The molecule has 0 saturated heterocycles. The number of thioether (sulfide) groups is 1. The van der Waals surface area contributed by atoms with Gasteiger partial charge >= 0.3 is 6.03 Å². The summed E-state index contributed by atoms with van der Waals surface area (Å²) in [7, 11) is 0. The van der Waals surface area contributed by atoms with E-state index in [1.54, 1.807) is 12.1 Å². The van der Waals surface area contributed by atoms with E-state index in [4.69, 9.17) is 5.73 Å². The van der Waals surface area contributed by atoms with E-state index < -0.39 is 6.03 Å². The van der Waals surface area contributed by atoms with Crippen molar-refractivity contribution in [3.05, 3.63) is 18.2 Å². The predicted octanol–water partition coefficient (Wildman–Crippen LogP) is 1.60. The molecule has 1 aromatic carbocycles. The number of carbonyl (C=O) groups is 1. The second-order valence-corrected chi connectivity index (χ2v) is 3.22. The zero-order chi connectivity index (χ0) is 9.84. The van der Waals surface area contributed by atoms with E-state index in [9.17, 15) is 9.90 Å². The number of nitrogens with two attached hydrogens (primary N) is 1. The predicted molar refractivity (Wildman–Crippen MR) is 53.1 cm³/mol. The largest absolute Gasteiger partial charge is 0.507 e. The quantitative estimate of drug-likeness (QED) is 0.632. The molecule has 1 rings (SSSR count). The van der Waals surface area contributed by atoms with Crippen molar-refractivity contribution < 1.29 is 9.90 Å². The third kappa shape index (κ3) is 2.55. The van der Waals surface area contributed by atoms with Gasteiger partial charge in [0.25, 0.3) is 0 Å². The van der Waals surface area contributed by atoms with E-state index in [-0.39, 0.29) is 5.75 Å². The maximum absolute atomic E-state index is 10.5. The van der Waals surface area contributed by atoms with Crippen molar-refractivity contribution in [1.29, 1.82) is 0 Å². The number of hydrogen-bond acceptors (Lipinski definition) is 3. The van der Waals surface area contributed by atoms with Crippen LogP contribution in [0.4, 0.5) is 10.5 Å². The highest BCUT2D eigenvalue weighted by Crippen LogP contribution is 2.28. The summed E-state index contributed by atoms with van der Waals surface area (Å²) in [6.45, 7) is 0. The van der Waals surface area contributed by atoms with Gasteiger partial charge in [0.05, 0.1) is 0 Å². The van der Waals surface area contributed by atoms with Gasteiger partial charge in [-0.1, -0.05) is 0 Å². The van der Waals surface area contributed by atoms with E-state index in [1.165, 1.54) is 17.8 Å². The van der Waals surface area contributed by atoms with E-state index in [0.29, 0.717) is 5.69 Å². The van der Waals surface area contributed by atoms with Gasteiger partial charge in [0.1, 0.15) is 5.75 Å². The molecular formula is C8H10N2O2S. The maximum Gasteiger partial charge on any atom is 0.316 e. The van der Waals surface area contributed by atoms with Crippen molar-refractivity contribution >= 4 is 23.5 Å². The molecule has 0 atom stereocenters. The smallest absolute Gasteiger partial charge is 0.316 e. The third-order valence-corrected chi connectivity index (χ3v) is 2.23. The summed E-state index contributed by atoms with van der Waals surface area (Å²) >= 11 is 1.43. The Balaban J connectivity index is 2.89. The summed E-state index contributed by atoms with van der Waals surface area (Å²) in [6.07, 6.45) is 1.86. The first-order valence-corrected chi connectivity index (χ1v) is 4.79. The van der Waals surface area contributed by atoms with Crippen LogP contribution in [-0.2, 0) is 0 Å². The topological polar surface area (TPSA) is 75.3 Å². The molecule has 1 aromatic rings. The minimum atomic E-state index is -0.642. The van der Waals surface area contributed by atoms with Crippen LogP contribution in [0.5, 0.6) is 5.75 Å². The first-order chi connectivity index (χ1) is 6.13. The minimum Gasteiger partial charge on any atom is -0.507 e. The van der Waals surface area contributed by atoms with Crippen LogP contribution in [0.15, 0.2) is 23.1 Å². The lowest BCUT2D eigenvalue weighted by Gasteiger charge is -2.04. The fourth-order valence-corrected chi connectivity index (χ4v) is 1.38. The molecule has 0 bridgehead atoms. The van der Waals surface area contributed by atoms with E-state index in [2.05, 4.69) is 5.32 Å². The second kappa shape index (κ2) is 4.04. The number of phenolic OH excluding ortho intramolecular Hbond substituents is 1. The highest BCUT2D eigenvalue weighted by Gasteiger charge is 2.01. The molecule has 5 heteroatoms. The molecule has 13 heavy (non-hydrogen) atoms. The summed E-state index contributed by atoms with van der Waals surface area (Å²) in [5, 5.41) is 11.8. The zero-order valence-corrected chi connectivity index (χ0v) is 7.89. The molecule has 0 aliphatic carbocycles. The van der Waals surface area contributed by atoms with Crippen molar-refractivity contribution in [2.24, 2.45) is 5.73 Å². The number of hydrogen-bond donors (Lipinski definition) is 3. The van der Waals surface area contributed by atoms with Crippen LogP contribution >= 0.6 is 11.8 Å². The fourth-order valence-electron chi connectivity index (χ4n) is 0.910. The molecular weight excluding hydrogens is 188 g/mol. The van der Waals surface area contributed by atoms with Crippen LogP contribution in [0.25, 0.3) is 0 Å². The lowest BCUT2D eigenvalue weighted by Crippen LogP contribution is -2.19. The number of rotatable bonds is 2. The van der Waals surface area contributed by atoms with Crippen molar-refractivity contribution in [3.63, 3.8) is 0 Å². The highest BCUT2D eigenvalue weighted by atomic mass is 32.2. The normalized spacial score (nSPS) is 9.62. The minimum absolute atomic E-state index is 0.138. The number of benzene rings is 1. The Morgan fingerprint density at radius 2 is 2.31 bits per heavy atom. The second-order valence-electron chi connectivity index (χ2n) is 2.38. The summed E-state index contributed by atoms with van der Waals surface area (Å²) in [6, 6.07) is 4.20. The van der Waals surface area contributed by atoms with Gasteiger partial charge in [0.2, 0.25) is 0 Å². The number of anilines is 1. The van der Waals surface area contributed by atoms with Crippen LogP contribution in [0.2, 0.25) is 0 Å². The summed E-state index contributed by atoms with van der Waals surface area (Å²) in [4.78, 5) is 11.2. The van der Waals surface area contributed by atoms with Gasteiger partial charge in [-0.15, -0.1) is 11.8 Å². The number of urea groups is 1. The highest BCUT2D eigenvalue weighted by molar-refractivity contribution is 7.98. The SMILES string of the molecule is CSc1ccc(NC(N)=O)cc1O. The zero-order valence-electron chi connectivity index (χ0n) is 7.07. The monoisotopic (exact) mass is 198 g/mol. The van der Waals surface area contributed by atoms with Crippen molar-refractivity contribution in [2.75, 3.05) is 11.6 Å². The Hall–Kier alpha value is -1.36. The molecule has 2 amide bonds. The van der Waals surface area contributed by atoms with Crippen LogP contribution in [0.3, 0.4) is 0 Å². The number of aromatic hydroxyl groups is 1. The lowest BCUT2D eigenvalue weighted by atomic mass is 10.3. The molecule has 4 nitrogen and oxygen atoms in total. The lowest BCUT2D eigenvalue weighted by molar-refractivity contribution is 0.259. The molecule has 0 fully saturated rings. The van der Waals surface area contributed by atoms with Crippen LogP contribution in [-0.4, -0.2) is 17.4 Å². The van der Waals surface area contributed by atoms with Crippen molar-refractivity contribution in [2.45, 2.75) is 4.90 Å². The number of phenols is 1. The van der Waals surface area contributed by atoms with Gasteiger partial charge in [-0.2, -0.15) is 0 Å². The standard InChI is InChI=1S/C8H10N2O2S/c1-13-7-3-2-5(4-6(7)11)10-8(9)12/h2-4,11H,1H3,(H3,9,10,12). The van der Waals surface area contributed by atoms with E-state index in [1.807, 2.05) is 6.26 Å².